The molecule has 2 nitrogen and oxygen atoms in total. The topological polar surface area (TPSA) is 26.3 Å². The van der Waals surface area contributed by atoms with E-state index in [0.29, 0.717) is 11.3 Å². The van der Waals surface area contributed by atoms with Gasteiger partial charge in [0.05, 0.1) is 0 Å². The van der Waals surface area contributed by atoms with E-state index < -0.39 is 11.6 Å². The molecule has 0 unspecified atom stereocenters. The molecule has 0 saturated heterocycles. The van der Waals surface area contributed by atoms with Crippen molar-refractivity contribution in [3.63, 3.8) is 0 Å². The van der Waals surface area contributed by atoms with Crippen LogP contribution in [-0.4, -0.2) is 5.78 Å². The summed E-state index contributed by atoms with van der Waals surface area (Å²) in [5, 5.41) is 0. The highest BCUT2D eigenvalue weighted by Gasteiger charge is 2.09. The van der Waals surface area contributed by atoms with Crippen LogP contribution in [0.3, 0.4) is 0 Å². The van der Waals surface area contributed by atoms with Crippen LogP contribution in [0.1, 0.15) is 17.3 Å². The Hall–Kier alpha value is -2.23. The second kappa shape index (κ2) is 4.96. The molecular formula is C14H10F2O2. The van der Waals surface area contributed by atoms with E-state index >= 15 is 0 Å². The Morgan fingerprint density at radius 1 is 1.06 bits per heavy atom. The maximum Gasteiger partial charge on any atom is 0.201 e. The van der Waals surface area contributed by atoms with Crippen molar-refractivity contribution >= 4 is 5.78 Å². The zero-order valence-electron chi connectivity index (χ0n) is 9.61. The number of carbonyl (C=O) groups excluding carboxylic acids is 1. The number of ketones is 1. The van der Waals surface area contributed by atoms with Gasteiger partial charge in [0, 0.05) is 5.56 Å². The Balaban J connectivity index is 2.24. The van der Waals surface area contributed by atoms with Crippen molar-refractivity contribution in [2.45, 2.75) is 6.92 Å². The Morgan fingerprint density at radius 3 is 2.33 bits per heavy atom. The van der Waals surface area contributed by atoms with Gasteiger partial charge in [0.1, 0.15) is 5.75 Å². The quantitative estimate of drug-likeness (QED) is 0.768. The minimum absolute atomic E-state index is 0.0708. The van der Waals surface area contributed by atoms with Crippen LogP contribution in [0.2, 0.25) is 0 Å². The second-order valence-corrected chi connectivity index (χ2v) is 3.73. The van der Waals surface area contributed by atoms with E-state index in [0.717, 1.165) is 6.07 Å². The van der Waals surface area contributed by atoms with Crippen LogP contribution >= 0.6 is 0 Å². The standard InChI is InChI=1S/C14H10F2O2/c1-9(17)10-5-7-11(8-6-10)18-13-4-2-3-12(15)14(13)16/h2-8H,1H3. The van der Waals surface area contributed by atoms with Gasteiger partial charge in [0.2, 0.25) is 5.82 Å². The minimum atomic E-state index is -1.03. The van der Waals surface area contributed by atoms with Gasteiger partial charge in [-0.05, 0) is 43.3 Å². The molecule has 2 rings (SSSR count). The summed E-state index contributed by atoms with van der Waals surface area (Å²) in [6.07, 6.45) is 0. The molecule has 92 valence electrons. The van der Waals surface area contributed by atoms with E-state index in [2.05, 4.69) is 0 Å². The Kier molecular flexibility index (Phi) is 3.37. The van der Waals surface area contributed by atoms with Crippen molar-refractivity contribution in [2.75, 3.05) is 0 Å². The van der Waals surface area contributed by atoms with Gasteiger partial charge in [-0.2, -0.15) is 4.39 Å². The van der Waals surface area contributed by atoms with E-state index in [1.54, 1.807) is 12.1 Å². The lowest BCUT2D eigenvalue weighted by atomic mass is 10.1. The van der Waals surface area contributed by atoms with Gasteiger partial charge in [-0.3, -0.25) is 4.79 Å². The number of carbonyl (C=O) groups is 1. The third-order valence-corrected chi connectivity index (χ3v) is 2.40. The molecule has 2 aromatic rings. The van der Waals surface area contributed by atoms with Crippen molar-refractivity contribution in [3.05, 3.63) is 59.7 Å². The van der Waals surface area contributed by atoms with Crippen LogP contribution < -0.4 is 4.74 Å². The van der Waals surface area contributed by atoms with Crippen molar-refractivity contribution in [1.29, 1.82) is 0 Å². The van der Waals surface area contributed by atoms with E-state index in [1.165, 1.54) is 31.2 Å². The van der Waals surface area contributed by atoms with Gasteiger partial charge in [0.15, 0.2) is 17.3 Å². The summed E-state index contributed by atoms with van der Waals surface area (Å²) in [7, 11) is 0. The highest BCUT2D eigenvalue weighted by atomic mass is 19.2. The minimum Gasteiger partial charge on any atom is -0.454 e. The number of ether oxygens (including phenoxy) is 1. The maximum atomic E-state index is 13.3. The first kappa shape index (κ1) is 12.2. The predicted molar refractivity (Wildman–Crippen MR) is 62.9 cm³/mol. The first-order valence-electron chi connectivity index (χ1n) is 5.31. The lowest BCUT2D eigenvalue weighted by molar-refractivity contribution is 0.101. The highest BCUT2D eigenvalue weighted by molar-refractivity contribution is 5.94. The molecule has 0 N–H and O–H groups in total. The maximum absolute atomic E-state index is 13.3. The molecule has 0 atom stereocenters. The van der Waals surface area contributed by atoms with Gasteiger partial charge >= 0.3 is 0 Å². The summed E-state index contributed by atoms with van der Waals surface area (Å²) in [5.74, 6) is -1.92. The zero-order valence-corrected chi connectivity index (χ0v) is 9.61. The molecule has 0 aromatic heterocycles. The van der Waals surface area contributed by atoms with Crippen LogP contribution in [0.5, 0.6) is 11.5 Å². The fraction of sp³-hybridized carbons (Fsp3) is 0.0714. The van der Waals surface area contributed by atoms with Gasteiger partial charge in [0.25, 0.3) is 0 Å². The summed E-state index contributed by atoms with van der Waals surface area (Å²) in [6, 6.07) is 9.89. The average molecular weight is 248 g/mol. The monoisotopic (exact) mass is 248 g/mol. The zero-order chi connectivity index (χ0) is 13.1. The number of benzene rings is 2. The first-order valence-corrected chi connectivity index (χ1v) is 5.31. The summed E-state index contributed by atoms with van der Waals surface area (Å²) >= 11 is 0. The van der Waals surface area contributed by atoms with E-state index in [-0.39, 0.29) is 11.5 Å². The summed E-state index contributed by atoms with van der Waals surface area (Å²) < 4.78 is 31.5. The molecule has 2 aromatic carbocycles. The van der Waals surface area contributed by atoms with Crippen LogP contribution in [0.4, 0.5) is 8.78 Å². The molecule has 4 heteroatoms. The van der Waals surface area contributed by atoms with Gasteiger partial charge in [-0.1, -0.05) is 6.07 Å². The normalized spacial score (nSPS) is 10.2. The van der Waals surface area contributed by atoms with Crippen molar-refractivity contribution in [2.24, 2.45) is 0 Å². The fourth-order valence-electron chi connectivity index (χ4n) is 1.45. The van der Waals surface area contributed by atoms with Gasteiger partial charge in [-0.15, -0.1) is 0 Å². The van der Waals surface area contributed by atoms with Gasteiger partial charge < -0.3 is 4.74 Å². The molecule has 0 aliphatic heterocycles. The summed E-state index contributed by atoms with van der Waals surface area (Å²) in [6.45, 7) is 1.45. The highest BCUT2D eigenvalue weighted by Crippen LogP contribution is 2.25. The van der Waals surface area contributed by atoms with Crippen LogP contribution in [0, 0.1) is 11.6 Å². The predicted octanol–water partition coefficient (Wildman–Crippen LogP) is 3.96. The summed E-state index contributed by atoms with van der Waals surface area (Å²) in [5.41, 5.74) is 0.530. The molecule has 0 bridgehead atoms. The van der Waals surface area contributed by atoms with Crippen LogP contribution in [-0.2, 0) is 0 Å². The lowest BCUT2D eigenvalue weighted by Crippen LogP contribution is -1.93. The Bertz CT molecular complexity index is 577. The van der Waals surface area contributed by atoms with E-state index in [4.69, 9.17) is 4.74 Å². The molecule has 0 fully saturated rings. The molecule has 0 amide bonds. The molecule has 0 radical (unpaired) electrons. The summed E-state index contributed by atoms with van der Waals surface area (Å²) in [4.78, 5) is 11.1. The first-order chi connectivity index (χ1) is 8.58. The number of hydrogen-bond donors (Lipinski definition) is 0. The number of Topliss-reactive ketones (excluding diaryl/α,β-unsaturated/α-hetero) is 1. The molecule has 0 spiro atoms. The van der Waals surface area contributed by atoms with E-state index in [1.807, 2.05) is 0 Å². The van der Waals surface area contributed by atoms with Crippen molar-refractivity contribution in [3.8, 4) is 11.5 Å². The molecule has 0 aliphatic carbocycles. The average Bonchev–Trinajstić information content (AvgIpc) is 2.36. The molecule has 0 saturated carbocycles. The van der Waals surface area contributed by atoms with Crippen molar-refractivity contribution in [1.82, 2.24) is 0 Å². The molecule has 0 aliphatic rings. The largest absolute Gasteiger partial charge is 0.454 e. The fourth-order valence-corrected chi connectivity index (χ4v) is 1.45. The SMILES string of the molecule is CC(=O)c1ccc(Oc2cccc(F)c2F)cc1. The van der Waals surface area contributed by atoms with Crippen molar-refractivity contribution < 1.29 is 18.3 Å². The third-order valence-electron chi connectivity index (χ3n) is 2.40. The van der Waals surface area contributed by atoms with Crippen LogP contribution in [0.15, 0.2) is 42.5 Å². The Labute approximate surface area is 103 Å². The number of hydrogen-bond acceptors (Lipinski definition) is 2. The smallest absolute Gasteiger partial charge is 0.201 e. The lowest BCUT2D eigenvalue weighted by Gasteiger charge is -2.07. The third kappa shape index (κ3) is 2.53. The second-order valence-electron chi connectivity index (χ2n) is 3.73. The molecule has 18 heavy (non-hydrogen) atoms. The van der Waals surface area contributed by atoms with Crippen LogP contribution in [0.25, 0.3) is 0 Å². The van der Waals surface area contributed by atoms with E-state index in [9.17, 15) is 13.6 Å². The molecule has 0 heterocycles. The molecular weight excluding hydrogens is 238 g/mol. The van der Waals surface area contributed by atoms with Gasteiger partial charge in [-0.25, -0.2) is 4.39 Å². The number of rotatable bonds is 3. The Morgan fingerprint density at radius 2 is 1.72 bits per heavy atom. The number of halogens is 2.